The Kier molecular flexibility index (Phi) is 4.45. The zero-order valence-corrected chi connectivity index (χ0v) is 13.4. The molecule has 6 heteroatoms. The van der Waals surface area contributed by atoms with Crippen LogP contribution in [0.15, 0.2) is 29.2 Å². The van der Waals surface area contributed by atoms with Gasteiger partial charge in [-0.1, -0.05) is 19.1 Å². The molecule has 2 rings (SSSR count). The van der Waals surface area contributed by atoms with Crippen LogP contribution in [0.2, 0.25) is 0 Å². The number of para-hydroxylation sites is 1. The van der Waals surface area contributed by atoms with Gasteiger partial charge in [0.2, 0.25) is 0 Å². The summed E-state index contributed by atoms with van der Waals surface area (Å²) < 4.78 is 24.1. The molecule has 0 spiro atoms. The number of thiazole rings is 1. The molecule has 0 aliphatic rings. The van der Waals surface area contributed by atoms with Crippen LogP contribution in [0.5, 0.6) is 0 Å². The number of hydrogen-bond acceptors (Lipinski definition) is 5. The van der Waals surface area contributed by atoms with E-state index in [0.717, 1.165) is 15.6 Å². The number of nitrogens with one attached hydrogen (secondary N) is 1. The fourth-order valence-corrected chi connectivity index (χ4v) is 3.86. The summed E-state index contributed by atoms with van der Waals surface area (Å²) >= 11 is 1.65. The van der Waals surface area contributed by atoms with Crippen LogP contribution < -0.4 is 5.32 Å². The predicted octanol–water partition coefficient (Wildman–Crippen LogP) is 3.17. The van der Waals surface area contributed by atoms with Crippen molar-refractivity contribution in [1.29, 1.82) is 0 Å². The first-order chi connectivity index (χ1) is 9.44. The third-order valence-corrected chi connectivity index (χ3v) is 5.76. The second-order valence-corrected chi connectivity index (χ2v) is 8.14. The number of benzene rings is 1. The van der Waals surface area contributed by atoms with Gasteiger partial charge in [-0.05, 0) is 26.0 Å². The van der Waals surface area contributed by atoms with Gasteiger partial charge in [0.25, 0.3) is 0 Å². The van der Waals surface area contributed by atoms with Crippen LogP contribution in [0.1, 0.15) is 22.5 Å². The number of rotatable bonds is 5. The fraction of sp³-hybridized carbons (Fsp3) is 0.357. The molecule has 2 aromatic rings. The molecule has 0 fully saturated rings. The molecular formula is C14H18N2O2S2. The highest BCUT2D eigenvalue weighted by Crippen LogP contribution is 2.24. The molecule has 0 bridgehead atoms. The molecule has 1 aromatic heterocycles. The maximum Gasteiger partial charge on any atom is 0.180 e. The lowest BCUT2D eigenvalue weighted by atomic mass is 10.3. The first-order valence-corrected chi connectivity index (χ1v) is 8.89. The fourth-order valence-electron chi connectivity index (χ4n) is 1.95. The largest absolute Gasteiger partial charge is 0.378 e. The van der Waals surface area contributed by atoms with Crippen molar-refractivity contribution >= 4 is 26.9 Å². The quantitative estimate of drug-likeness (QED) is 0.921. The molecule has 4 nitrogen and oxygen atoms in total. The predicted molar refractivity (Wildman–Crippen MR) is 83.1 cm³/mol. The van der Waals surface area contributed by atoms with Gasteiger partial charge < -0.3 is 5.32 Å². The Morgan fingerprint density at radius 2 is 1.95 bits per heavy atom. The molecule has 0 atom stereocenters. The van der Waals surface area contributed by atoms with Gasteiger partial charge in [0.1, 0.15) is 0 Å². The second-order valence-electron chi connectivity index (χ2n) is 4.49. The first kappa shape index (κ1) is 15.0. The highest BCUT2D eigenvalue weighted by atomic mass is 32.2. The number of aromatic nitrogens is 1. The van der Waals surface area contributed by atoms with E-state index in [2.05, 4.69) is 10.3 Å². The molecule has 0 saturated carbocycles. The van der Waals surface area contributed by atoms with Crippen LogP contribution in [0.3, 0.4) is 0 Å². The third-order valence-electron chi connectivity index (χ3n) is 3.05. The topological polar surface area (TPSA) is 59.1 Å². The maximum atomic E-state index is 12.1. The smallest absolute Gasteiger partial charge is 0.180 e. The van der Waals surface area contributed by atoms with Crippen molar-refractivity contribution in [2.75, 3.05) is 11.1 Å². The lowest BCUT2D eigenvalue weighted by Gasteiger charge is -2.11. The first-order valence-electron chi connectivity index (χ1n) is 6.42. The second kappa shape index (κ2) is 5.93. The lowest BCUT2D eigenvalue weighted by molar-refractivity contribution is 0.597. The molecule has 0 aliphatic heterocycles. The van der Waals surface area contributed by atoms with Gasteiger partial charge in [-0.2, -0.15) is 0 Å². The SMILES string of the molecule is CCS(=O)(=O)c1ccccc1NCc1nc(C)sc1C. The molecule has 0 unspecified atom stereocenters. The van der Waals surface area contributed by atoms with E-state index in [1.807, 2.05) is 19.9 Å². The van der Waals surface area contributed by atoms with Crippen molar-refractivity contribution < 1.29 is 8.42 Å². The summed E-state index contributed by atoms with van der Waals surface area (Å²) in [6, 6.07) is 7.00. The average molecular weight is 310 g/mol. The molecule has 1 aromatic carbocycles. The van der Waals surface area contributed by atoms with Crippen molar-refractivity contribution in [2.24, 2.45) is 0 Å². The van der Waals surface area contributed by atoms with Crippen LogP contribution in [0, 0.1) is 13.8 Å². The zero-order chi connectivity index (χ0) is 14.8. The Balaban J connectivity index is 2.25. The molecule has 1 N–H and O–H groups in total. The molecule has 108 valence electrons. The number of hydrogen-bond donors (Lipinski definition) is 1. The van der Waals surface area contributed by atoms with Gasteiger partial charge in [0.05, 0.1) is 33.6 Å². The zero-order valence-electron chi connectivity index (χ0n) is 11.8. The highest BCUT2D eigenvalue weighted by Gasteiger charge is 2.16. The summed E-state index contributed by atoms with van der Waals surface area (Å²) in [4.78, 5) is 5.96. The Morgan fingerprint density at radius 3 is 2.55 bits per heavy atom. The summed E-state index contributed by atoms with van der Waals surface area (Å²) in [5.41, 5.74) is 1.61. The minimum Gasteiger partial charge on any atom is -0.378 e. The van der Waals surface area contributed by atoms with Gasteiger partial charge in [0.15, 0.2) is 9.84 Å². The summed E-state index contributed by atoms with van der Waals surface area (Å²) in [7, 11) is -3.22. The van der Waals surface area contributed by atoms with E-state index in [1.165, 1.54) is 0 Å². The molecule has 0 aliphatic carbocycles. The molecule has 1 heterocycles. The third kappa shape index (κ3) is 3.19. The Morgan fingerprint density at radius 1 is 1.25 bits per heavy atom. The Hall–Kier alpha value is -1.40. The van der Waals surface area contributed by atoms with Crippen LogP contribution in [-0.4, -0.2) is 19.2 Å². The number of anilines is 1. The summed E-state index contributed by atoms with van der Waals surface area (Å²) in [5.74, 6) is 0.0977. The number of sulfone groups is 1. The van der Waals surface area contributed by atoms with Gasteiger partial charge in [-0.15, -0.1) is 11.3 Å². The molecule has 0 saturated heterocycles. The van der Waals surface area contributed by atoms with Crippen molar-refractivity contribution in [3.05, 3.63) is 39.8 Å². The van der Waals surface area contributed by atoms with Gasteiger partial charge in [-0.3, -0.25) is 0 Å². The van der Waals surface area contributed by atoms with E-state index in [1.54, 1.807) is 36.5 Å². The summed E-state index contributed by atoms with van der Waals surface area (Å²) in [6.45, 7) is 6.18. The van der Waals surface area contributed by atoms with E-state index in [-0.39, 0.29) is 5.75 Å². The van der Waals surface area contributed by atoms with Crippen LogP contribution in [0.4, 0.5) is 5.69 Å². The van der Waals surface area contributed by atoms with Crippen molar-refractivity contribution in [1.82, 2.24) is 4.98 Å². The van der Waals surface area contributed by atoms with E-state index in [4.69, 9.17) is 0 Å². The number of aryl methyl sites for hydroxylation is 2. The van der Waals surface area contributed by atoms with Gasteiger partial charge in [-0.25, -0.2) is 13.4 Å². The van der Waals surface area contributed by atoms with Crippen molar-refractivity contribution in [3.8, 4) is 0 Å². The molecule has 0 amide bonds. The van der Waals surface area contributed by atoms with E-state index in [0.29, 0.717) is 17.1 Å². The molecule has 0 radical (unpaired) electrons. The minimum absolute atomic E-state index is 0.0977. The van der Waals surface area contributed by atoms with Gasteiger partial charge >= 0.3 is 0 Å². The monoisotopic (exact) mass is 310 g/mol. The minimum atomic E-state index is -3.22. The van der Waals surface area contributed by atoms with E-state index in [9.17, 15) is 8.42 Å². The van der Waals surface area contributed by atoms with Gasteiger partial charge in [0, 0.05) is 4.88 Å². The van der Waals surface area contributed by atoms with Crippen LogP contribution in [-0.2, 0) is 16.4 Å². The number of nitrogens with zero attached hydrogens (tertiary/aromatic N) is 1. The average Bonchev–Trinajstić information content (AvgIpc) is 2.75. The van der Waals surface area contributed by atoms with Crippen molar-refractivity contribution in [2.45, 2.75) is 32.2 Å². The molecule has 20 heavy (non-hydrogen) atoms. The lowest BCUT2D eigenvalue weighted by Crippen LogP contribution is -2.09. The summed E-state index contributed by atoms with van der Waals surface area (Å²) in [6.07, 6.45) is 0. The van der Waals surface area contributed by atoms with Crippen LogP contribution in [0.25, 0.3) is 0 Å². The van der Waals surface area contributed by atoms with Crippen molar-refractivity contribution in [3.63, 3.8) is 0 Å². The summed E-state index contributed by atoms with van der Waals surface area (Å²) in [5, 5.41) is 4.21. The molecular weight excluding hydrogens is 292 g/mol. The van der Waals surface area contributed by atoms with E-state index < -0.39 is 9.84 Å². The Labute approximate surface area is 123 Å². The highest BCUT2D eigenvalue weighted by molar-refractivity contribution is 7.91. The van der Waals surface area contributed by atoms with Crippen LogP contribution >= 0.6 is 11.3 Å². The standard InChI is InChI=1S/C14H18N2O2S2/c1-4-20(17,18)14-8-6-5-7-12(14)15-9-13-10(2)19-11(3)16-13/h5-8,15H,4,9H2,1-3H3. The Bertz CT molecular complexity index is 706. The normalized spacial score (nSPS) is 11.6. The van der Waals surface area contributed by atoms with E-state index >= 15 is 0 Å². The maximum absolute atomic E-state index is 12.1.